The Labute approximate surface area is 696 Å². The average Bonchev–Trinajstić information content (AvgIpc) is 0.757. The van der Waals surface area contributed by atoms with E-state index in [9.17, 15) is 39.6 Å². The summed E-state index contributed by atoms with van der Waals surface area (Å²) in [6.07, 6.45) is 15.3. The van der Waals surface area contributed by atoms with E-state index in [0.717, 1.165) is 23.1 Å². The number of aryl methyl sites for hydroxylation is 3. The summed E-state index contributed by atoms with van der Waals surface area (Å²) < 4.78 is 82.3. The first-order valence-electron chi connectivity index (χ1n) is 37.3. The summed E-state index contributed by atoms with van der Waals surface area (Å²) in [6, 6.07) is 55.7. The number of sulfonamides is 3. The van der Waals surface area contributed by atoms with E-state index in [2.05, 4.69) is 84.8 Å². The molecule has 121 heavy (non-hydrogen) atoms. The third-order valence-corrected chi connectivity index (χ3v) is 21.7. The number of nitrogens with zero attached hydrogens (tertiary/aromatic N) is 16. The number of benzene rings is 6. The quantitative estimate of drug-likeness (QED) is 0.0417. The molecule has 9 heterocycles. The van der Waals surface area contributed by atoms with E-state index in [1.807, 2.05) is 185 Å². The Bertz CT molecular complexity index is 6960. The van der Waals surface area contributed by atoms with Gasteiger partial charge in [0.1, 0.15) is 40.7 Å². The van der Waals surface area contributed by atoms with Crippen LogP contribution in [0.25, 0.3) is 97.3 Å². The molecule has 0 aliphatic heterocycles. The summed E-state index contributed by atoms with van der Waals surface area (Å²) in [4.78, 5) is 91.8. The number of fused-ring (bicyclic) bond motifs is 3. The van der Waals surface area contributed by atoms with E-state index < -0.39 is 48.2 Å². The number of pyridine rings is 6. The average molecular weight is 1670 g/mol. The summed E-state index contributed by atoms with van der Waals surface area (Å²) in [5.74, 6) is 2.88. The molecule has 0 bridgehead atoms. The van der Waals surface area contributed by atoms with E-state index in [1.165, 1.54) is 44.2 Å². The number of hydrogen-bond acceptors (Lipinski definition) is 21. The lowest BCUT2D eigenvalue weighted by atomic mass is 9.98. The summed E-state index contributed by atoms with van der Waals surface area (Å²) in [5, 5.41) is 13.4. The predicted octanol–water partition coefficient (Wildman–Crippen LogP) is 15.8. The molecule has 6 aromatic carbocycles. The summed E-state index contributed by atoms with van der Waals surface area (Å²) in [5.41, 5.74) is 8.51. The van der Waals surface area contributed by atoms with E-state index in [4.69, 9.17) is 19.7 Å². The Morgan fingerprint density at radius 3 is 1.11 bits per heavy atom. The molecule has 33 heteroatoms. The molecule has 0 spiro atoms. The molecule has 0 aliphatic rings. The van der Waals surface area contributed by atoms with E-state index in [0.29, 0.717) is 146 Å². The molecule has 0 saturated heterocycles. The van der Waals surface area contributed by atoms with Gasteiger partial charge in [0.15, 0.2) is 0 Å². The third kappa shape index (κ3) is 18.9. The number of rotatable bonds is 21. The maximum absolute atomic E-state index is 14.4. The molecule has 15 rings (SSSR count). The lowest BCUT2D eigenvalue weighted by Gasteiger charge is -2.22. The lowest BCUT2D eigenvalue weighted by molar-refractivity contribution is 0.599. The van der Waals surface area contributed by atoms with Crippen LogP contribution in [0.4, 0.5) is 51.7 Å². The van der Waals surface area contributed by atoms with Crippen LogP contribution >= 0.6 is 0 Å². The number of hydrogen-bond donors (Lipinski definition) is 5. The number of anilines is 6. The zero-order valence-corrected chi connectivity index (χ0v) is 69.3. The van der Waals surface area contributed by atoms with Gasteiger partial charge in [-0.1, -0.05) is 109 Å². The highest BCUT2D eigenvalue weighted by molar-refractivity contribution is 7.92. The Balaban J connectivity index is 0.000000157. The SMILES string of the molecule is [C-]#[N+]c1cnc(C)nc1N[C@@H](C)c1cc2cccc(-c3ccnc(NS(C)(=O)=O)c3)c2c(=O)n1-c1ccccc1.[C-]#[N+]c1cnc(C)nc1N[C@@H](C)c1cc2cccc(-c3cncc(N(C)S(C)(=O)=O)c3)c2c(=O)n1-c1ccccc1.[C-]#[N+]c1cnc(C)nc1N[C@@H](C)c1cc2cccc(-c3cncc(NS(C)(=O)=O)c3)c2c(=O)n1-c1ccccc1. The zero-order chi connectivity index (χ0) is 86.2. The standard InChI is InChI=1S/C30H27N7O3S.2C29H25N7O3S/c1-19(34-29-26(31-3)18-33-20(2)35-29)27-15-21-10-9-13-25(22-14-24(17-32-16-22)36(4)41(5,39)40)28(21)30(38)37(27)23-11-7-6-8-12-23;1-18(33-28-25(30-3)17-32-19(2)34-28)26-14-20-9-8-12-24(21-13-22(16-31-15-21)35-40(4,38)39)27(20)29(37)36(26)23-10-6-5-7-11-23;1-18(33-28-24(30-3)17-32-19(2)34-28)25-15-21-9-8-12-23(20-13-14-31-26(16-20)35-40(4,38)39)27(21)29(37)36(25)22-10-6-5-7-11-22/h6-19H,1-2,4-5H3,(H,33,34,35);5-18,35H,1-2,4H3,(H,32,33,34);5-18H,1-2,4H3,(H,31,35)(H,32,33,34)/t19-;2*18-/m000/s1. The minimum absolute atomic E-state index is 0.158. The van der Waals surface area contributed by atoms with Gasteiger partial charge in [0, 0.05) is 89.5 Å². The molecule has 0 fully saturated rings. The highest BCUT2D eigenvalue weighted by Crippen LogP contribution is 2.38. The first kappa shape index (κ1) is 83.7. The topological polar surface area (TPSA) is 361 Å². The van der Waals surface area contributed by atoms with Gasteiger partial charge in [-0.25, -0.2) is 59.7 Å². The highest BCUT2D eigenvalue weighted by atomic mass is 32.2. The fourth-order valence-corrected chi connectivity index (χ4v) is 15.3. The van der Waals surface area contributed by atoms with Crippen molar-refractivity contribution < 1.29 is 25.3 Å². The monoisotopic (exact) mass is 1670 g/mol. The molecular formula is C88H77N21O9S3. The van der Waals surface area contributed by atoms with Crippen molar-refractivity contribution in [2.45, 2.75) is 59.7 Å². The van der Waals surface area contributed by atoms with Crippen LogP contribution in [0.1, 0.15) is 73.5 Å². The van der Waals surface area contributed by atoms with Gasteiger partial charge < -0.3 is 16.0 Å². The molecule has 0 aliphatic carbocycles. The van der Waals surface area contributed by atoms with Gasteiger partial charge in [-0.2, -0.15) is 0 Å². The minimum Gasteiger partial charge on any atom is -0.371 e. The van der Waals surface area contributed by atoms with Crippen LogP contribution in [-0.4, -0.2) is 110 Å². The molecule has 9 aromatic heterocycles. The molecule has 606 valence electrons. The molecule has 30 nitrogen and oxygen atoms in total. The van der Waals surface area contributed by atoms with Gasteiger partial charge in [-0.05, 0) is 159 Å². The lowest BCUT2D eigenvalue weighted by Crippen LogP contribution is -2.26. The van der Waals surface area contributed by atoms with Crippen LogP contribution in [-0.2, 0) is 30.1 Å². The van der Waals surface area contributed by atoms with Crippen molar-refractivity contribution in [3.05, 3.63) is 337 Å². The molecule has 0 saturated carbocycles. The van der Waals surface area contributed by atoms with Crippen molar-refractivity contribution in [3.63, 3.8) is 0 Å². The summed E-state index contributed by atoms with van der Waals surface area (Å²) in [7, 11) is -9.08. The molecule has 0 radical (unpaired) electrons. The van der Waals surface area contributed by atoms with Crippen LogP contribution in [0.5, 0.6) is 0 Å². The molecule has 5 N–H and O–H groups in total. The van der Waals surface area contributed by atoms with Crippen LogP contribution in [0.2, 0.25) is 0 Å². The molecule has 3 atom stereocenters. The maximum atomic E-state index is 14.4. The molecular weight excluding hydrogens is 1590 g/mol. The first-order chi connectivity index (χ1) is 57.9. The summed E-state index contributed by atoms with van der Waals surface area (Å²) >= 11 is 0. The Morgan fingerprint density at radius 2 is 0.752 bits per heavy atom. The maximum Gasteiger partial charge on any atom is 0.263 e. The largest absolute Gasteiger partial charge is 0.371 e. The fraction of sp³-hybridized carbons (Fsp3) is 0.148. The zero-order valence-electron chi connectivity index (χ0n) is 66.8. The van der Waals surface area contributed by atoms with Gasteiger partial charge >= 0.3 is 0 Å². The second-order valence-electron chi connectivity index (χ2n) is 28.1. The second-order valence-corrected chi connectivity index (χ2v) is 33.6. The Morgan fingerprint density at radius 1 is 0.397 bits per heavy atom. The van der Waals surface area contributed by atoms with Crippen LogP contribution < -0.4 is 46.4 Å². The highest BCUT2D eigenvalue weighted by Gasteiger charge is 2.26. The fourth-order valence-electron chi connectivity index (χ4n) is 13.8. The van der Waals surface area contributed by atoms with Crippen molar-refractivity contribution in [2.24, 2.45) is 0 Å². The van der Waals surface area contributed by atoms with E-state index >= 15 is 0 Å². The van der Waals surface area contributed by atoms with Crippen molar-refractivity contribution in [1.29, 1.82) is 0 Å². The minimum atomic E-state index is -3.53. The normalized spacial score (nSPS) is 12.1. The van der Waals surface area contributed by atoms with E-state index in [1.54, 1.807) is 71.1 Å². The van der Waals surface area contributed by atoms with Crippen LogP contribution in [0.3, 0.4) is 0 Å². The second kappa shape index (κ2) is 35.3. The summed E-state index contributed by atoms with van der Waals surface area (Å²) in [6.45, 7) is 33.5. The number of aromatic nitrogens is 12. The van der Waals surface area contributed by atoms with Crippen molar-refractivity contribution in [3.8, 4) is 50.4 Å². The van der Waals surface area contributed by atoms with Gasteiger partial charge in [-0.3, -0.25) is 66.8 Å². The molecule has 0 unspecified atom stereocenters. The number of para-hydroxylation sites is 3. The van der Waals surface area contributed by atoms with Gasteiger partial charge in [0.05, 0.1) is 96.5 Å². The van der Waals surface area contributed by atoms with E-state index in [-0.39, 0.29) is 39.6 Å². The molecule has 15 aromatic rings. The smallest absolute Gasteiger partial charge is 0.263 e. The third-order valence-electron chi connectivity index (χ3n) is 19.3. The molecule has 0 amide bonds. The Kier molecular flexibility index (Phi) is 24.4. The van der Waals surface area contributed by atoms with Crippen molar-refractivity contribution in [2.75, 3.05) is 55.5 Å². The predicted molar refractivity (Wildman–Crippen MR) is 474 cm³/mol. The van der Waals surface area contributed by atoms with Gasteiger partial charge in [0.25, 0.3) is 16.7 Å². The van der Waals surface area contributed by atoms with Gasteiger partial charge in [-0.15, -0.1) is 0 Å². The first-order valence-corrected chi connectivity index (χ1v) is 42.9. The van der Waals surface area contributed by atoms with Crippen LogP contribution in [0, 0.1) is 40.5 Å². The number of nitrogens with one attached hydrogen (secondary N) is 5. The Hall–Kier alpha value is -15.2. The van der Waals surface area contributed by atoms with Crippen molar-refractivity contribution in [1.82, 2.24) is 58.6 Å². The van der Waals surface area contributed by atoms with Crippen LogP contribution in [0.15, 0.2) is 252 Å². The van der Waals surface area contributed by atoms with Crippen molar-refractivity contribution >= 4 is 114 Å². The van der Waals surface area contributed by atoms with Gasteiger partial charge in [0.2, 0.25) is 47.1 Å².